The van der Waals surface area contributed by atoms with Gasteiger partial charge in [-0.1, -0.05) is 0 Å². The van der Waals surface area contributed by atoms with E-state index in [-0.39, 0.29) is 18.5 Å². The van der Waals surface area contributed by atoms with Crippen molar-refractivity contribution in [3.05, 3.63) is 12.7 Å². The number of thiol groups is 1. The number of aliphatic hydroxyl groups excluding tert-OH is 1. The van der Waals surface area contributed by atoms with E-state index in [1.54, 1.807) is 4.57 Å². The number of nitrogen functional groups attached to an aromatic ring is 1. The predicted octanol–water partition coefficient (Wildman–Crippen LogP) is 0.322. The van der Waals surface area contributed by atoms with E-state index in [0.717, 1.165) is 0 Å². The third kappa shape index (κ3) is 3.00. The van der Waals surface area contributed by atoms with Gasteiger partial charge in [0.2, 0.25) is 0 Å². The number of aromatic nitrogens is 4. The third-order valence-corrected chi connectivity index (χ3v) is 3.79. The molecule has 3 heterocycles. The lowest BCUT2D eigenvalue weighted by Crippen LogP contribution is -2.38. The predicted molar refractivity (Wildman–Crippen MR) is 84.6 cm³/mol. The maximum atomic E-state index is 10.6. The highest BCUT2D eigenvalue weighted by atomic mass is 32.1. The summed E-state index contributed by atoms with van der Waals surface area (Å²) >= 11 is 3.76. The molecule has 9 nitrogen and oxygen atoms in total. The summed E-state index contributed by atoms with van der Waals surface area (Å²) in [7, 11) is 0. The number of aliphatic hydroxyl groups is 1. The zero-order valence-electron chi connectivity index (χ0n) is 12.7. The van der Waals surface area contributed by atoms with Crippen LogP contribution in [0.15, 0.2) is 12.7 Å². The second-order valence-corrected chi connectivity index (χ2v) is 5.84. The van der Waals surface area contributed by atoms with Crippen LogP contribution < -0.4 is 5.73 Å². The Morgan fingerprint density at radius 2 is 2.22 bits per heavy atom. The van der Waals surface area contributed by atoms with Gasteiger partial charge in [0.25, 0.3) is 0 Å². The van der Waals surface area contributed by atoms with Crippen LogP contribution in [0, 0.1) is 0 Å². The average Bonchev–Trinajstić information content (AvgIpc) is 3.04. The van der Waals surface area contributed by atoms with Crippen molar-refractivity contribution in [1.82, 2.24) is 19.5 Å². The third-order valence-electron chi connectivity index (χ3n) is 3.64. The minimum absolute atomic E-state index is 0.0723. The fraction of sp³-hybridized carbons (Fsp3) is 0.615. The summed E-state index contributed by atoms with van der Waals surface area (Å²) in [6.45, 7) is 3.95. The summed E-state index contributed by atoms with van der Waals surface area (Å²) in [5.41, 5.74) is 6.73. The Hall–Kier alpha value is -1.46. The van der Waals surface area contributed by atoms with E-state index in [9.17, 15) is 5.11 Å². The Morgan fingerprint density at radius 3 is 2.91 bits per heavy atom. The van der Waals surface area contributed by atoms with Crippen LogP contribution in [0.5, 0.6) is 0 Å². The van der Waals surface area contributed by atoms with Gasteiger partial charge in [0.05, 0.1) is 19.0 Å². The first-order valence-electron chi connectivity index (χ1n) is 7.21. The first kappa shape index (κ1) is 16.4. The van der Waals surface area contributed by atoms with Crippen molar-refractivity contribution in [2.45, 2.75) is 44.5 Å². The molecule has 0 bridgehead atoms. The van der Waals surface area contributed by atoms with Crippen LogP contribution >= 0.6 is 12.9 Å². The van der Waals surface area contributed by atoms with E-state index in [2.05, 4.69) is 27.9 Å². The summed E-state index contributed by atoms with van der Waals surface area (Å²) in [4.78, 5) is 12.3. The Balaban J connectivity index is 1.94. The average molecular weight is 341 g/mol. The standard InChI is InChI=1S/C13H19N5O4S/c1-6(2)21-10-7(3-20-23)22-13(9(10)19)18-5-17-8-11(14)15-4-16-12(8)18/h4-7,9-10,13,19,23H,3H2,1-2H3,(H2,14,15,16)/t7-,9?,10?,13-/m1/s1. The SMILES string of the molecule is CC(C)OC1C(O)[C@H](n2cnc3c(N)ncnc32)O[C@@H]1COS. The van der Waals surface area contributed by atoms with Crippen LogP contribution in [-0.4, -0.2) is 55.6 Å². The molecule has 1 aliphatic rings. The van der Waals surface area contributed by atoms with Crippen molar-refractivity contribution >= 4 is 29.9 Å². The van der Waals surface area contributed by atoms with Crippen molar-refractivity contribution in [2.75, 3.05) is 12.3 Å². The number of ether oxygens (including phenoxy) is 2. The van der Waals surface area contributed by atoms with Crippen molar-refractivity contribution in [3.63, 3.8) is 0 Å². The fourth-order valence-corrected chi connectivity index (χ4v) is 2.84. The molecule has 1 aliphatic heterocycles. The highest BCUT2D eigenvalue weighted by molar-refractivity contribution is 7.75. The van der Waals surface area contributed by atoms with Crippen molar-refractivity contribution in [1.29, 1.82) is 0 Å². The number of nitrogens with zero attached hydrogens (tertiary/aromatic N) is 4. The Morgan fingerprint density at radius 1 is 1.43 bits per heavy atom. The molecule has 2 unspecified atom stereocenters. The molecule has 4 atom stereocenters. The molecule has 0 saturated carbocycles. The maximum Gasteiger partial charge on any atom is 0.167 e. The quantitative estimate of drug-likeness (QED) is 0.526. The van der Waals surface area contributed by atoms with Crippen LogP contribution in [0.25, 0.3) is 11.2 Å². The Labute approximate surface area is 138 Å². The molecule has 2 aromatic rings. The fourth-order valence-electron chi connectivity index (χ4n) is 2.70. The normalized spacial score (nSPS) is 28.0. The van der Waals surface area contributed by atoms with Gasteiger partial charge < -0.3 is 24.5 Å². The molecule has 0 aromatic carbocycles. The van der Waals surface area contributed by atoms with E-state index in [1.165, 1.54) is 12.7 Å². The van der Waals surface area contributed by atoms with Gasteiger partial charge in [-0.25, -0.2) is 15.0 Å². The first-order chi connectivity index (χ1) is 11.0. The summed E-state index contributed by atoms with van der Waals surface area (Å²) < 4.78 is 18.1. The smallest absolute Gasteiger partial charge is 0.167 e. The molecule has 0 amide bonds. The van der Waals surface area contributed by atoms with E-state index >= 15 is 0 Å². The van der Waals surface area contributed by atoms with Crippen molar-refractivity contribution in [2.24, 2.45) is 0 Å². The van der Waals surface area contributed by atoms with E-state index in [4.69, 9.17) is 19.4 Å². The molecular formula is C13H19N5O4S. The molecule has 126 valence electrons. The topological polar surface area (TPSA) is 118 Å². The van der Waals surface area contributed by atoms with E-state index in [1.807, 2.05) is 13.8 Å². The minimum atomic E-state index is -0.917. The van der Waals surface area contributed by atoms with E-state index < -0.39 is 24.5 Å². The van der Waals surface area contributed by atoms with Gasteiger partial charge in [-0.15, -0.1) is 0 Å². The number of nitrogens with two attached hydrogens (primary N) is 1. The molecule has 2 aromatic heterocycles. The molecule has 0 spiro atoms. The van der Waals surface area contributed by atoms with Crippen LogP contribution in [0.2, 0.25) is 0 Å². The highest BCUT2D eigenvalue weighted by Gasteiger charge is 2.46. The number of imidazole rings is 1. The Bertz CT molecular complexity index is 681. The summed E-state index contributed by atoms with van der Waals surface area (Å²) in [6.07, 6.45) is 0.131. The monoisotopic (exact) mass is 341 g/mol. The highest BCUT2D eigenvalue weighted by Crippen LogP contribution is 2.34. The molecule has 1 fully saturated rings. The lowest BCUT2D eigenvalue weighted by atomic mass is 10.1. The minimum Gasteiger partial charge on any atom is -0.386 e. The first-order valence-corrected chi connectivity index (χ1v) is 7.57. The number of fused-ring (bicyclic) bond motifs is 1. The lowest BCUT2D eigenvalue weighted by Gasteiger charge is -2.22. The second kappa shape index (κ2) is 6.57. The maximum absolute atomic E-state index is 10.6. The van der Waals surface area contributed by atoms with Gasteiger partial charge in [0.1, 0.15) is 30.2 Å². The molecule has 3 rings (SSSR count). The van der Waals surface area contributed by atoms with Gasteiger partial charge >= 0.3 is 0 Å². The van der Waals surface area contributed by atoms with E-state index in [0.29, 0.717) is 11.2 Å². The van der Waals surface area contributed by atoms with Crippen LogP contribution in [0.1, 0.15) is 20.1 Å². The van der Waals surface area contributed by atoms with Crippen LogP contribution in [0.4, 0.5) is 5.82 Å². The number of anilines is 1. The van der Waals surface area contributed by atoms with Gasteiger partial charge in [-0.05, 0) is 26.8 Å². The zero-order valence-corrected chi connectivity index (χ0v) is 13.6. The van der Waals surface area contributed by atoms with Gasteiger partial charge in [-0.2, -0.15) is 0 Å². The summed E-state index contributed by atoms with van der Waals surface area (Å²) in [5, 5.41) is 10.6. The molecule has 23 heavy (non-hydrogen) atoms. The number of hydrogen-bond donors (Lipinski definition) is 3. The van der Waals surface area contributed by atoms with Gasteiger partial charge in [0.15, 0.2) is 17.7 Å². The molecule has 0 aliphatic carbocycles. The largest absolute Gasteiger partial charge is 0.386 e. The molecule has 3 N–H and O–H groups in total. The van der Waals surface area contributed by atoms with Gasteiger partial charge in [0, 0.05) is 0 Å². The van der Waals surface area contributed by atoms with Crippen molar-refractivity contribution < 1.29 is 18.8 Å². The number of rotatable bonds is 5. The second-order valence-electron chi connectivity index (χ2n) is 5.58. The molecule has 1 saturated heterocycles. The molecule has 0 radical (unpaired) electrons. The van der Waals surface area contributed by atoms with Crippen molar-refractivity contribution in [3.8, 4) is 0 Å². The Kier molecular flexibility index (Phi) is 4.69. The summed E-state index contributed by atoms with van der Waals surface area (Å²) in [6, 6.07) is 0. The molecule has 10 heteroatoms. The van der Waals surface area contributed by atoms with Crippen LogP contribution in [-0.2, 0) is 13.7 Å². The number of hydrogen-bond acceptors (Lipinski definition) is 9. The van der Waals surface area contributed by atoms with Gasteiger partial charge in [-0.3, -0.25) is 4.57 Å². The summed E-state index contributed by atoms with van der Waals surface area (Å²) in [5.74, 6) is 0.270. The zero-order chi connectivity index (χ0) is 16.6. The van der Waals surface area contributed by atoms with Crippen LogP contribution in [0.3, 0.4) is 0 Å². The lowest BCUT2D eigenvalue weighted by molar-refractivity contribution is -0.0738. The molecular weight excluding hydrogens is 322 g/mol.